The van der Waals surface area contributed by atoms with Crippen molar-refractivity contribution in [1.82, 2.24) is 10.2 Å². The number of benzene rings is 1. The van der Waals surface area contributed by atoms with Gasteiger partial charge in [-0.1, -0.05) is 12.8 Å². The summed E-state index contributed by atoms with van der Waals surface area (Å²) < 4.78 is 0. The van der Waals surface area contributed by atoms with Gasteiger partial charge in [-0.05, 0) is 69.8 Å². The number of hydrogen-bond donors (Lipinski definition) is 2. The molecule has 4 rings (SSSR count). The number of likely N-dealkylation sites (tertiary alicyclic amines) is 1. The molecule has 2 amide bonds. The third kappa shape index (κ3) is 5.50. The zero-order valence-electron chi connectivity index (χ0n) is 17.4. The van der Waals surface area contributed by atoms with E-state index in [0.29, 0.717) is 6.54 Å². The number of anilines is 2. The third-order valence-electron chi connectivity index (χ3n) is 6.32. The number of nitrogens with one attached hydrogen (secondary N) is 2. The molecule has 6 heteroatoms. The molecule has 3 aliphatic rings. The van der Waals surface area contributed by atoms with Crippen molar-refractivity contribution in [3.05, 3.63) is 23.8 Å². The predicted octanol–water partition coefficient (Wildman–Crippen LogP) is 3.24. The Labute approximate surface area is 174 Å². The van der Waals surface area contributed by atoms with Gasteiger partial charge in [-0.25, -0.2) is 0 Å². The second-order valence-electron chi connectivity index (χ2n) is 8.70. The Morgan fingerprint density at radius 1 is 0.931 bits per heavy atom. The van der Waals surface area contributed by atoms with Crippen molar-refractivity contribution in [2.75, 3.05) is 49.5 Å². The van der Waals surface area contributed by atoms with E-state index in [2.05, 4.69) is 20.4 Å². The Morgan fingerprint density at radius 3 is 2.31 bits per heavy atom. The van der Waals surface area contributed by atoms with E-state index in [0.717, 1.165) is 75.3 Å². The number of carbonyl (C=O) groups excluding carboxylic acids is 2. The molecule has 0 bridgehead atoms. The molecular formula is C23H34N4O2. The Hall–Kier alpha value is -2.08. The van der Waals surface area contributed by atoms with E-state index in [1.54, 1.807) is 0 Å². The molecule has 2 aliphatic heterocycles. The quantitative estimate of drug-likeness (QED) is 0.740. The van der Waals surface area contributed by atoms with Gasteiger partial charge in [0.15, 0.2) is 0 Å². The normalized spacial score (nSPS) is 20.3. The lowest BCUT2D eigenvalue weighted by molar-refractivity contribution is -0.117. The van der Waals surface area contributed by atoms with E-state index < -0.39 is 0 Å². The van der Waals surface area contributed by atoms with Crippen LogP contribution in [-0.2, 0) is 4.79 Å². The number of nitrogens with zero attached hydrogens (tertiary/aromatic N) is 2. The van der Waals surface area contributed by atoms with Gasteiger partial charge in [0.25, 0.3) is 5.91 Å². The number of hydrogen-bond acceptors (Lipinski definition) is 4. The zero-order valence-corrected chi connectivity index (χ0v) is 17.4. The van der Waals surface area contributed by atoms with Crippen LogP contribution in [0.25, 0.3) is 0 Å². The van der Waals surface area contributed by atoms with Crippen LogP contribution in [0, 0.1) is 5.92 Å². The maximum Gasteiger partial charge on any atom is 0.253 e. The van der Waals surface area contributed by atoms with Crippen LogP contribution in [0.15, 0.2) is 18.2 Å². The second kappa shape index (κ2) is 9.61. The first-order valence-corrected chi connectivity index (χ1v) is 11.4. The lowest BCUT2D eigenvalue weighted by atomic mass is 10.1. The number of rotatable bonds is 7. The van der Waals surface area contributed by atoms with Crippen molar-refractivity contribution in [3.8, 4) is 0 Å². The molecule has 1 aliphatic carbocycles. The van der Waals surface area contributed by atoms with Crippen LogP contribution >= 0.6 is 0 Å². The molecule has 3 fully saturated rings. The molecule has 1 aromatic carbocycles. The van der Waals surface area contributed by atoms with Gasteiger partial charge < -0.3 is 20.4 Å². The highest BCUT2D eigenvalue weighted by atomic mass is 16.2. The number of amides is 2. The first-order chi connectivity index (χ1) is 14.2. The van der Waals surface area contributed by atoms with Crippen molar-refractivity contribution >= 4 is 23.2 Å². The average molecular weight is 399 g/mol. The molecular weight excluding hydrogens is 364 g/mol. The Morgan fingerprint density at radius 2 is 1.62 bits per heavy atom. The van der Waals surface area contributed by atoms with Gasteiger partial charge in [0, 0.05) is 37.8 Å². The minimum atomic E-state index is -0.0106. The van der Waals surface area contributed by atoms with Crippen molar-refractivity contribution < 1.29 is 9.59 Å². The first kappa shape index (κ1) is 20.2. The van der Waals surface area contributed by atoms with Gasteiger partial charge in [0.1, 0.15) is 0 Å². The van der Waals surface area contributed by atoms with Crippen LogP contribution in [0.2, 0.25) is 0 Å². The smallest absolute Gasteiger partial charge is 0.253 e. The summed E-state index contributed by atoms with van der Waals surface area (Å²) in [5, 5.41) is 6.16. The highest BCUT2D eigenvalue weighted by Crippen LogP contribution is 2.32. The molecule has 0 radical (unpaired) electrons. The van der Waals surface area contributed by atoms with Crippen molar-refractivity contribution in [2.24, 2.45) is 5.92 Å². The summed E-state index contributed by atoms with van der Waals surface area (Å²) >= 11 is 0. The van der Waals surface area contributed by atoms with E-state index in [4.69, 9.17) is 0 Å². The Kier molecular flexibility index (Phi) is 6.70. The molecule has 2 saturated heterocycles. The summed E-state index contributed by atoms with van der Waals surface area (Å²) in [6.45, 7) is 5.81. The summed E-state index contributed by atoms with van der Waals surface area (Å²) in [5.74, 6) is 0.267. The molecule has 29 heavy (non-hydrogen) atoms. The molecule has 1 aromatic rings. The zero-order chi connectivity index (χ0) is 20.1. The molecule has 1 saturated carbocycles. The lowest BCUT2D eigenvalue weighted by Gasteiger charge is -2.26. The fraction of sp³-hybridized carbons (Fsp3) is 0.652. The fourth-order valence-corrected chi connectivity index (χ4v) is 4.39. The van der Waals surface area contributed by atoms with E-state index >= 15 is 0 Å². The topological polar surface area (TPSA) is 64.7 Å². The van der Waals surface area contributed by atoms with E-state index in [-0.39, 0.29) is 17.7 Å². The second-order valence-corrected chi connectivity index (χ2v) is 8.70. The van der Waals surface area contributed by atoms with Crippen LogP contribution in [0.5, 0.6) is 0 Å². The summed E-state index contributed by atoms with van der Waals surface area (Å²) in [4.78, 5) is 29.9. The van der Waals surface area contributed by atoms with Crippen LogP contribution in [-0.4, -0.2) is 56.0 Å². The van der Waals surface area contributed by atoms with Crippen molar-refractivity contribution in [1.29, 1.82) is 0 Å². The third-order valence-corrected chi connectivity index (χ3v) is 6.32. The van der Waals surface area contributed by atoms with E-state index in [1.165, 1.54) is 25.7 Å². The Balaban J connectivity index is 1.47. The van der Waals surface area contributed by atoms with Gasteiger partial charge in [0.2, 0.25) is 5.91 Å². The summed E-state index contributed by atoms with van der Waals surface area (Å²) in [7, 11) is 0. The van der Waals surface area contributed by atoms with Crippen LogP contribution in [0.1, 0.15) is 61.7 Å². The SMILES string of the molecule is O=C(NCCN1CCCC1)c1ccc(NC(=O)C2CC2)cc1N1CCCCCC1. The lowest BCUT2D eigenvalue weighted by Crippen LogP contribution is -2.35. The minimum Gasteiger partial charge on any atom is -0.371 e. The number of carbonyl (C=O) groups is 2. The molecule has 0 spiro atoms. The van der Waals surface area contributed by atoms with Gasteiger partial charge in [-0.15, -0.1) is 0 Å². The van der Waals surface area contributed by atoms with Gasteiger partial charge in [-0.3, -0.25) is 9.59 Å². The maximum atomic E-state index is 13.0. The fourth-order valence-electron chi connectivity index (χ4n) is 4.39. The molecule has 0 unspecified atom stereocenters. The molecule has 158 valence electrons. The van der Waals surface area contributed by atoms with Gasteiger partial charge >= 0.3 is 0 Å². The van der Waals surface area contributed by atoms with Crippen LogP contribution in [0.3, 0.4) is 0 Å². The van der Waals surface area contributed by atoms with E-state index in [1.807, 2.05) is 18.2 Å². The summed E-state index contributed by atoms with van der Waals surface area (Å²) in [6.07, 6.45) is 9.29. The highest BCUT2D eigenvalue weighted by molar-refractivity contribution is 6.02. The van der Waals surface area contributed by atoms with Gasteiger partial charge in [0.05, 0.1) is 11.3 Å². The largest absolute Gasteiger partial charge is 0.371 e. The van der Waals surface area contributed by atoms with Crippen LogP contribution in [0.4, 0.5) is 11.4 Å². The van der Waals surface area contributed by atoms with Crippen molar-refractivity contribution in [2.45, 2.75) is 51.4 Å². The molecule has 2 N–H and O–H groups in total. The van der Waals surface area contributed by atoms with Gasteiger partial charge in [-0.2, -0.15) is 0 Å². The monoisotopic (exact) mass is 398 g/mol. The summed E-state index contributed by atoms with van der Waals surface area (Å²) in [5.41, 5.74) is 2.48. The summed E-state index contributed by atoms with van der Waals surface area (Å²) in [6, 6.07) is 5.76. The van der Waals surface area contributed by atoms with Crippen molar-refractivity contribution in [3.63, 3.8) is 0 Å². The first-order valence-electron chi connectivity index (χ1n) is 11.4. The minimum absolute atomic E-state index is 0.0106. The predicted molar refractivity (Wildman–Crippen MR) is 116 cm³/mol. The highest BCUT2D eigenvalue weighted by Gasteiger charge is 2.30. The van der Waals surface area contributed by atoms with E-state index in [9.17, 15) is 9.59 Å². The standard InChI is InChI=1S/C23H34N4O2/c28-22(18-7-8-18)25-19-9-10-20(21(17-19)27-14-3-1-2-4-15-27)23(29)24-11-16-26-12-5-6-13-26/h9-10,17-18H,1-8,11-16H2,(H,24,29)(H,25,28). The molecule has 0 aromatic heterocycles. The van der Waals surface area contributed by atoms with Crippen LogP contribution < -0.4 is 15.5 Å². The average Bonchev–Trinajstić information content (AvgIpc) is 3.51. The molecule has 0 atom stereocenters. The molecule has 6 nitrogen and oxygen atoms in total. The molecule has 2 heterocycles. The Bertz CT molecular complexity index is 718. The maximum absolute atomic E-state index is 13.0.